The van der Waals surface area contributed by atoms with Gasteiger partial charge >= 0.3 is 11.9 Å². The van der Waals surface area contributed by atoms with Crippen molar-refractivity contribution in [1.82, 2.24) is 10.5 Å². The van der Waals surface area contributed by atoms with E-state index < -0.39 is 11.9 Å². The van der Waals surface area contributed by atoms with Crippen molar-refractivity contribution in [2.45, 2.75) is 65.8 Å². The zero-order valence-electron chi connectivity index (χ0n) is 30.3. The fourth-order valence-electron chi connectivity index (χ4n) is 5.78. The highest BCUT2D eigenvalue weighted by Crippen LogP contribution is 2.23. The molecular formula is C43H48N2O7. The smallest absolute Gasteiger partial charge is 0.329 e. The lowest BCUT2D eigenvalue weighted by Crippen LogP contribution is -2.22. The van der Waals surface area contributed by atoms with Crippen LogP contribution in [0.15, 0.2) is 120 Å². The molecule has 1 aliphatic heterocycles. The number of carbonyl (C=O) groups excluding carboxylic acids is 2. The third-order valence-corrected chi connectivity index (χ3v) is 8.57. The van der Waals surface area contributed by atoms with Crippen molar-refractivity contribution in [3.8, 4) is 17.2 Å². The Hall–Kier alpha value is -5.54. The Bertz CT molecular complexity index is 1840. The zero-order chi connectivity index (χ0) is 37.3. The van der Waals surface area contributed by atoms with Crippen LogP contribution in [-0.2, 0) is 33.7 Å². The number of ether oxygens (including phenoxy) is 1. The number of carboxylic acids is 1. The lowest BCUT2D eigenvalue weighted by atomic mass is 9.88. The Morgan fingerprint density at radius 1 is 0.885 bits per heavy atom. The van der Waals surface area contributed by atoms with Crippen LogP contribution in [0, 0.1) is 11.8 Å². The Morgan fingerprint density at radius 2 is 1.54 bits per heavy atom. The molecule has 9 heteroatoms. The number of hydroxylamine groups is 1. The normalized spacial score (nSPS) is 15.3. The average molecular weight is 705 g/mol. The van der Waals surface area contributed by atoms with E-state index in [2.05, 4.69) is 22.2 Å². The minimum Gasteiger partial charge on any atom is -0.493 e. The number of hydrogen-bond donors (Lipinski definition) is 2. The first kappa shape index (κ1) is 39.2. The molecular weight excluding hydrogens is 656 g/mol. The van der Waals surface area contributed by atoms with Crippen LogP contribution in [0.4, 0.5) is 0 Å². The fraction of sp³-hybridized carbons (Fsp3) is 0.302. The van der Waals surface area contributed by atoms with E-state index in [1.807, 2.05) is 106 Å². The largest absolute Gasteiger partial charge is 0.493 e. The summed E-state index contributed by atoms with van der Waals surface area (Å²) in [4.78, 5) is 45.3. The summed E-state index contributed by atoms with van der Waals surface area (Å²) in [5.74, 6) is -0.434. The second kappa shape index (κ2) is 20.3. The molecule has 0 amide bonds. The van der Waals surface area contributed by atoms with Gasteiger partial charge < -0.3 is 19.1 Å². The van der Waals surface area contributed by atoms with Crippen LogP contribution >= 0.6 is 0 Å². The number of benzene rings is 4. The van der Waals surface area contributed by atoms with Crippen LogP contribution in [-0.4, -0.2) is 40.5 Å². The Kier molecular flexibility index (Phi) is 15.4. The van der Waals surface area contributed by atoms with Crippen LogP contribution in [0.1, 0.15) is 73.3 Å². The summed E-state index contributed by atoms with van der Waals surface area (Å²) < 4.78 is 11.5. The molecule has 9 nitrogen and oxygen atoms in total. The molecule has 4 aromatic carbocycles. The van der Waals surface area contributed by atoms with Gasteiger partial charge in [0.2, 0.25) is 5.89 Å². The molecule has 2 unspecified atom stereocenters. The molecule has 1 fully saturated rings. The number of oxazole rings is 1. The molecule has 5 aromatic rings. The van der Waals surface area contributed by atoms with Gasteiger partial charge in [-0.3, -0.25) is 14.4 Å². The number of nitrogens with zero attached hydrogens (tertiary/aromatic N) is 1. The molecule has 2 N–H and O–H groups in total. The highest BCUT2D eigenvalue weighted by atomic mass is 16.7. The number of rotatable bonds is 14. The monoisotopic (exact) mass is 704 g/mol. The predicted molar refractivity (Wildman–Crippen MR) is 201 cm³/mol. The van der Waals surface area contributed by atoms with Crippen LogP contribution in [0.2, 0.25) is 0 Å². The number of ketones is 1. The van der Waals surface area contributed by atoms with Crippen LogP contribution in [0.25, 0.3) is 11.5 Å². The van der Waals surface area contributed by atoms with Crippen LogP contribution < -0.4 is 10.2 Å². The molecule has 6 rings (SSSR count). The lowest BCUT2D eigenvalue weighted by Gasteiger charge is -2.16. The van der Waals surface area contributed by atoms with E-state index in [-0.39, 0.29) is 30.1 Å². The number of carbonyl (C=O) groups is 3. The van der Waals surface area contributed by atoms with Crippen molar-refractivity contribution >= 4 is 17.7 Å². The van der Waals surface area contributed by atoms with Crippen LogP contribution in [0.3, 0.4) is 0 Å². The van der Waals surface area contributed by atoms with Crippen molar-refractivity contribution in [2.24, 2.45) is 11.8 Å². The number of aliphatic carboxylic acids is 1. The van der Waals surface area contributed by atoms with Gasteiger partial charge in [0.15, 0.2) is 5.78 Å². The van der Waals surface area contributed by atoms with E-state index in [1.54, 1.807) is 30.5 Å². The minimum absolute atomic E-state index is 0.0741. The molecule has 0 bridgehead atoms. The SMILES string of the molecule is CC.CCCC1C(=O)ONC1C.O=C(c1ccccc1)c1ccccc1C[C@@H](Cc1ccc(OCCc2coc(-c3ccccc3)n2)cc1)C(=O)O. The predicted octanol–water partition coefficient (Wildman–Crippen LogP) is 8.56. The maximum Gasteiger partial charge on any atom is 0.329 e. The summed E-state index contributed by atoms with van der Waals surface area (Å²) in [6.07, 6.45) is 4.79. The highest BCUT2D eigenvalue weighted by molar-refractivity contribution is 6.09. The van der Waals surface area contributed by atoms with Gasteiger partial charge in [0.1, 0.15) is 12.0 Å². The summed E-state index contributed by atoms with van der Waals surface area (Å²) in [5.41, 5.74) is 7.12. The molecule has 0 spiro atoms. The third-order valence-electron chi connectivity index (χ3n) is 8.57. The Balaban J connectivity index is 0.000000432. The van der Waals surface area contributed by atoms with E-state index in [0.29, 0.717) is 42.2 Å². The summed E-state index contributed by atoms with van der Waals surface area (Å²) in [6.45, 7) is 8.47. The number of aromatic nitrogens is 1. The molecule has 0 saturated carbocycles. The van der Waals surface area contributed by atoms with Crippen molar-refractivity contribution in [1.29, 1.82) is 0 Å². The van der Waals surface area contributed by atoms with Gasteiger partial charge in [-0.15, -0.1) is 5.48 Å². The van der Waals surface area contributed by atoms with E-state index in [1.165, 1.54) is 0 Å². The molecule has 52 heavy (non-hydrogen) atoms. The third kappa shape index (κ3) is 11.2. The van der Waals surface area contributed by atoms with Crippen molar-refractivity contribution in [3.63, 3.8) is 0 Å². The van der Waals surface area contributed by atoms with Gasteiger partial charge in [-0.25, -0.2) is 4.98 Å². The summed E-state index contributed by atoms with van der Waals surface area (Å²) in [5, 5.41) is 9.97. The Morgan fingerprint density at radius 3 is 2.17 bits per heavy atom. The first-order valence-corrected chi connectivity index (χ1v) is 17.9. The number of nitrogens with one attached hydrogen (secondary N) is 1. The second-order valence-corrected chi connectivity index (χ2v) is 12.3. The van der Waals surface area contributed by atoms with E-state index in [9.17, 15) is 19.5 Å². The number of hydrogen-bond acceptors (Lipinski definition) is 8. The van der Waals surface area contributed by atoms with Gasteiger partial charge in [0.25, 0.3) is 0 Å². The van der Waals surface area contributed by atoms with Gasteiger partial charge in [-0.2, -0.15) is 0 Å². The Labute approximate surface area is 306 Å². The van der Waals surface area contributed by atoms with Crippen molar-refractivity contribution < 1.29 is 33.5 Å². The lowest BCUT2D eigenvalue weighted by molar-refractivity contribution is -0.146. The summed E-state index contributed by atoms with van der Waals surface area (Å²) >= 11 is 0. The molecule has 0 radical (unpaired) electrons. The van der Waals surface area contributed by atoms with E-state index in [0.717, 1.165) is 35.2 Å². The van der Waals surface area contributed by atoms with Gasteiger partial charge in [-0.1, -0.05) is 112 Å². The summed E-state index contributed by atoms with van der Waals surface area (Å²) in [6, 6.07) is 33.7. The standard InChI is InChI=1S/C34H29NO5.C7H13NO2.C2H6/c36-32(25-9-3-1-4-10-25)31-14-8-7-13-27(31)22-28(34(37)38)21-24-15-17-30(18-16-24)39-20-19-29-23-40-33(35-29)26-11-5-2-6-12-26;1-3-4-6-5(2)8-10-7(6)9;1-2/h1-18,23,28H,19-22H2,(H,37,38);5-6,8H,3-4H2,1-2H3;1-2H3/t28-;;/m1../s1. The van der Waals surface area contributed by atoms with Crippen molar-refractivity contribution in [2.75, 3.05) is 6.61 Å². The molecule has 272 valence electrons. The topological polar surface area (TPSA) is 128 Å². The molecule has 2 heterocycles. The molecule has 1 aromatic heterocycles. The zero-order valence-corrected chi connectivity index (χ0v) is 30.3. The second-order valence-electron chi connectivity index (χ2n) is 12.3. The molecule has 0 aliphatic carbocycles. The highest BCUT2D eigenvalue weighted by Gasteiger charge is 2.32. The van der Waals surface area contributed by atoms with Crippen LogP contribution in [0.5, 0.6) is 5.75 Å². The maximum absolute atomic E-state index is 13.1. The van der Waals surface area contributed by atoms with Gasteiger partial charge in [0, 0.05) is 23.1 Å². The number of carboxylic acid groups (broad SMARTS) is 1. The van der Waals surface area contributed by atoms with Gasteiger partial charge in [0.05, 0.1) is 30.2 Å². The molecule has 1 aliphatic rings. The van der Waals surface area contributed by atoms with E-state index >= 15 is 0 Å². The average Bonchev–Trinajstić information content (AvgIpc) is 3.79. The van der Waals surface area contributed by atoms with Gasteiger partial charge in [-0.05, 0) is 61.6 Å². The maximum atomic E-state index is 13.1. The van der Waals surface area contributed by atoms with Crippen molar-refractivity contribution in [3.05, 3.63) is 143 Å². The first-order chi connectivity index (χ1) is 25.3. The molecule has 1 saturated heterocycles. The van der Waals surface area contributed by atoms with E-state index in [4.69, 9.17) is 9.15 Å². The fourth-order valence-corrected chi connectivity index (χ4v) is 5.78. The summed E-state index contributed by atoms with van der Waals surface area (Å²) in [7, 11) is 0. The quantitative estimate of drug-likeness (QED) is 0.109. The minimum atomic E-state index is -0.898. The first-order valence-electron chi connectivity index (χ1n) is 17.9. The molecule has 3 atom stereocenters.